The minimum atomic E-state index is -0.567. The summed E-state index contributed by atoms with van der Waals surface area (Å²) in [7, 11) is 0. The number of amides is 4. The van der Waals surface area contributed by atoms with Gasteiger partial charge in [-0.2, -0.15) is 0 Å². The van der Waals surface area contributed by atoms with Gasteiger partial charge < -0.3 is 15.4 Å². The van der Waals surface area contributed by atoms with Gasteiger partial charge in [-0.05, 0) is 72.3 Å². The lowest BCUT2D eigenvalue weighted by Gasteiger charge is -2.12. The first kappa shape index (κ1) is 26.0. The molecule has 188 valence electrons. The van der Waals surface area contributed by atoms with E-state index >= 15 is 0 Å². The van der Waals surface area contributed by atoms with E-state index in [1.54, 1.807) is 48.5 Å². The molecule has 10 heteroatoms. The molecule has 1 aliphatic rings. The van der Waals surface area contributed by atoms with Gasteiger partial charge in [0.15, 0.2) is 6.61 Å². The van der Waals surface area contributed by atoms with Crippen molar-refractivity contribution in [1.29, 1.82) is 0 Å². The number of nitrogens with one attached hydrogen (secondary N) is 2. The van der Waals surface area contributed by atoms with Crippen LogP contribution < -0.4 is 15.4 Å². The third-order valence-corrected chi connectivity index (χ3v) is 6.35. The fourth-order valence-corrected chi connectivity index (χ4v) is 4.52. The molecule has 37 heavy (non-hydrogen) atoms. The van der Waals surface area contributed by atoms with Crippen molar-refractivity contribution in [2.45, 2.75) is 6.92 Å². The Morgan fingerprint density at radius 1 is 0.946 bits per heavy atom. The average molecular weight is 536 g/mol. The molecule has 1 aliphatic heterocycles. The van der Waals surface area contributed by atoms with Gasteiger partial charge in [-0.3, -0.25) is 24.1 Å². The van der Waals surface area contributed by atoms with Crippen LogP contribution in [-0.2, 0) is 14.4 Å². The first-order valence-corrected chi connectivity index (χ1v) is 12.4. The number of ether oxygens (including phenoxy) is 1. The van der Waals surface area contributed by atoms with Crippen molar-refractivity contribution in [3.05, 3.63) is 93.9 Å². The lowest BCUT2D eigenvalue weighted by atomic mass is 10.2. The van der Waals surface area contributed by atoms with E-state index in [-0.39, 0.29) is 22.4 Å². The van der Waals surface area contributed by atoms with E-state index in [0.717, 1.165) is 22.2 Å². The fraction of sp³-hybridized carbons (Fsp3) is 0.111. The average Bonchev–Trinajstić information content (AvgIpc) is 3.11. The monoisotopic (exact) mass is 535 g/mol. The number of carbonyl (C=O) groups is 4. The van der Waals surface area contributed by atoms with Crippen LogP contribution in [0.25, 0.3) is 6.08 Å². The molecule has 1 fully saturated rings. The highest BCUT2D eigenvalue weighted by Gasteiger charge is 2.36. The summed E-state index contributed by atoms with van der Waals surface area (Å²) in [6.07, 6.45) is 1.51. The number of benzene rings is 3. The molecule has 0 aliphatic carbocycles. The highest BCUT2D eigenvalue weighted by atomic mass is 35.5. The van der Waals surface area contributed by atoms with Crippen molar-refractivity contribution in [1.82, 2.24) is 4.90 Å². The van der Waals surface area contributed by atoms with Gasteiger partial charge in [-0.1, -0.05) is 48.0 Å². The number of imide groups is 1. The van der Waals surface area contributed by atoms with Gasteiger partial charge in [0.2, 0.25) is 5.91 Å². The second-order valence-electron chi connectivity index (χ2n) is 8.08. The summed E-state index contributed by atoms with van der Waals surface area (Å²) in [6.45, 7) is 1.29. The summed E-state index contributed by atoms with van der Waals surface area (Å²) >= 11 is 7.05. The number of nitrogens with zero attached hydrogens (tertiary/aromatic N) is 1. The smallest absolute Gasteiger partial charge is 0.294 e. The Kier molecular flexibility index (Phi) is 8.27. The lowest BCUT2D eigenvalue weighted by molar-refractivity contribution is -0.127. The highest BCUT2D eigenvalue weighted by Crippen LogP contribution is 2.33. The molecular weight excluding hydrogens is 514 g/mol. The normalized spacial score (nSPS) is 14.1. The van der Waals surface area contributed by atoms with Gasteiger partial charge in [0, 0.05) is 11.4 Å². The highest BCUT2D eigenvalue weighted by molar-refractivity contribution is 8.18. The molecule has 2 N–H and O–H groups in total. The maximum atomic E-state index is 12.7. The Hall–Kier alpha value is -4.08. The number of aryl methyl sites for hydroxylation is 1. The van der Waals surface area contributed by atoms with E-state index in [1.165, 1.54) is 6.08 Å². The Morgan fingerprint density at radius 2 is 1.68 bits per heavy atom. The van der Waals surface area contributed by atoms with Crippen LogP contribution in [0.2, 0.25) is 5.02 Å². The Balaban J connectivity index is 1.35. The molecule has 8 nitrogen and oxygen atoms in total. The van der Waals surface area contributed by atoms with Gasteiger partial charge >= 0.3 is 0 Å². The van der Waals surface area contributed by atoms with Gasteiger partial charge in [-0.25, -0.2) is 0 Å². The molecule has 1 heterocycles. The summed E-state index contributed by atoms with van der Waals surface area (Å²) in [5, 5.41) is 5.10. The Morgan fingerprint density at radius 3 is 2.41 bits per heavy atom. The molecule has 0 bridgehead atoms. The van der Waals surface area contributed by atoms with Crippen LogP contribution in [0.1, 0.15) is 11.1 Å². The minimum absolute atomic E-state index is 0.166. The van der Waals surface area contributed by atoms with Gasteiger partial charge in [0.25, 0.3) is 17.1 Å². The Labute approximate surface area is 222 Å². The van der Waals surface area contributed by atoms with Crippen LogP contribution in [0.3, 0.4) is 0 Å². The second kappa shape index (κ2) is 11.8. The molecule has 0 aromatic heterocycles. The van der Waals surface area contributed by atoms with Crippen molar-refractivity contribution >= 4 is 63.8 Å². The molecule has 3 aromatic rings. The molecule has 0 atom stereocenters. The first-order chi connectivity index (χ1) is 17.8. The van der Waals surface area contributed by atoms with Crippen molar-refractivity contribution in [3.63, 3.8) is 0 Å². The van der Waals surface area contributed by atoms with Gasteiger partial charge in [0.1, 0.15) is 12.3 Å². The molecular formula is C27H22ClN3O5S. The lowest BCUT2D eigenvalue weighted by Crippen LogP contribution is -2.36. The summed E-state index contributed by atoms with van der Waals surface area (Å²) in [4.78, 5) is 50.6. The molecule has 4 rings (SSSR count). The predicted octanol–water partition coefficient (Wildman–Crippen LogP) is 5.34. The van der Waals surface area contributed by atoms with Crippen molar-refractivity contribution in [2.24, 2.45) is 0 Å². The maximum Gasteiger partial charge on any atom is 0.294 e. The summed E-state index contributed by atoms with van der Waals surface area (Å²) in [5.41, 5.74) is 2.81. The van der Waals surface area contributed by atoms with Crippen LogP contribution in [-0.4, -0.2) is 41.0 Å². The number of para-hydroxylation sites is 1. The zero-order valence-corrected chi connectivity index (χ0v) is 21.3. The quantitative estimate of drug-likeness (QED) is 0.377. The molecule has 0 saturated carbocycles. The zero-order valence-electron chi connectivity index (χ0n) is 19.7. The molecule has 0 radical (unpaired) electrons. The van der Waals surface area contributed by atoms with Crippen molar-refractivity contribution in [2.75, 3.05) is 23.8 Å². The molecule has 4 amide bonds. The maximum absolute atomic E-state index is 12.7. The van der Waals surface area contributed by atoms with Crippen LogP contribution >= 0.6 is 23.4 Å². The second-order valence-corrected chi connectivity index (χ2v) is 9.48. The number of halogens is 1. The number of anilines is 2. The molecule has 0 unspecified atom stereocenters. The van der Waals surface area contributed by atoms with Crippen LogP contribution in [0.4, 0.5) is 16.2 Å². The third kappa shape index (κ3) is 6.99. The SMILES string of the molecule is Cc1cccc(NC(=O)COc2ccc(/C=C3\SC(=O)N(CC(=O)Nc4ccccc4)C3=O)cc2Cl)c1. The number of hydrogen-bond acceptors (Lipinski definition) is 6. The molecule has 3 aromatic carbocycles. The van der Waals surface area contributed by atoms with Crippen molar-refractivity contribution < 1.29 is 23.9 Å². The van der Waals surface area contributed by atoms with Crippen LogP contribution in [0, 0.1) is 6.92 Å². The van der Waals surface area contributed by atoms with E-state index in [1.807, 2.05) is 31.2 Å². The van der Waals surface area contributed by atoms with E-state index in [9.17, 15) is 19.2 Å². The van der Waals surface area contributed by atoms with Crippen LogP contribution in [0.15, 0.2) is 77.7 Å². The number of hydrogen-bond donors (Lipinski definition) is 2. The predicted molar refractivity (Wildman–Crippen MR) is 145 cm³/mol. The number of rotatable bonds is 8. The molecule has 1 saturated heterocycles. The molecule has 0 spiro atoms. The zero-order chi connectivity index (χ0) is 26.4. The van der Waals surface area contributed by atoms with Gasteiger partial charge in [0.05, 0.1) is 9.93 Å². The standard InChI is InChI=1S/C27H22ClN3O5S/c1-17-6-5-9-20(12-17)30-25(33)16-36-22-11-10-18(13-21(22)28)14-23-26(34)31(27(35)37-23)15-24(32)29-19-7-3-2-4-8-19/h2-14H,15-16H2,1H3,(H,29,32)(H,30,33)/b23-14-. The van der Waals surface area contributed by atoms with E-state index in [4.69, 9.17) is 16.3 Å². The Bertz CT molecular complexity index is 1390. The fourth-order valence-electron chi connectivity index (χ4n) is 3.44. The van der Waals surface area contributed by atoms with E-state index < -0.39 is 23.6 Å². The first-order valence-electron chi connectivity index (χ1n) is 11.2. The van der Waals surface area contributed by atoms with Gasteiger partial charge in [-0.15, -0.1) is 0 Å². The number of carbonyl (C=O) groups excluding carboxylic acids is 4. The van der Waals surface area contributed by atoms with Crippen molar-refractivity contribution in [3.8, 4) is 5.75 Å². The topological polar surface area (TPSA) is 105 Å². The third-order valence-electron chi connectivity index (χ3n) is 5.15. The van der Waals surface area contributed by atoms with Crippen LogP contribution in [0.5, 0.6) is 5.75 Å². The largest absolute Gasteiger partial charge is 0.482 e. The van der Waals surface area contributed by atoms with E-state index in [2.05, 4.69) is 10.6 Å². The van der Waals surface area contributed by atoms with E-state index in [0.29, 0.717) is 22.7 Å². The minimum Gasteiger partial charge on any atom is -0.482 e. The number of thioether (sulfide) groups is 1. The summed E-state index contributed by atoms with van der Waals surface area (Å²) in [5.74, 6) is -1.09. The summed E-state index contributed by atoms with van der Waals surface area (Å²) < 4.78 is 5.53. The summed E-state index contributed by atoms with van der Waals surface area (Å²) in [6, 6.07) is 20.9.